The molecule has 0 bridgehead atoms. The molecular weight excluding hydrogens is 447 g/mol. The van der Waals surface area contributed by atoms with E-state index in [2.05, 4.69) is 0 Å². The van der Waals surface area contributed by atoms with Crippen molar-refractivity contribution < 1.29 is 52.1 Å². The largest absolute Gasteiger partial charge is 0.479 e. The molecule has 1 saturated heterocycles. The Hall–Kier alpha value is -2.30. The Morgan fingerprint density at radius 1 is 1.12 bits per heavy atom. The molecule has 0 aliphatic carbocycles. The normalized spacial score (nSPS) is 25.3. The van der Waals surface area contributed by atoms with Crippen molar-refractivity contribution in [2.24, 2.45) is 0 Å². The van der Waals surface area contributed by atoms with Crippen LogP contribution in [-0.2, 0) is 42.1 Å². The second-order valence-electron chi connectivity index (χ2n) is 6.93. The zero-order chi connectivity index (χ0) is 23.9. The number of carboxylic acid groups (broad SMARTS) is 1. The van der Waals surface area contributed by atoms with Crippen LogP contribution >= 0.6 is 7.60 Å². The fraction of sp³-hybridized carbons (Fsp3) is 0.550. The first-order chi connectivity index (χ1) is 15.1. The first kappa shape index (κ1) is 26.0. The van der Waals surface area contributed by atoms with Crippen molar-refractivity contribution in [1.29, 1.82) is 0 Å². The number of carbonyl (C=O) groups is 3. The van der Waals surface area contributed by atoms with Crippen LogP contribution in [0.25, 0.3) is 0 Å². The molecule has 1 aliphatic rings. The first-order valence-corrected chi connectivity index (χ1v) is 11.6. The molecule has 11 nitrogen and oxygen atoms in total. The van der Waals surface area contributed by atoms with Gasteiger partial charge < -0.3 is 33.1 Å². The fourth-order valence-electron chi connectivity index (χ4n) is 3.16. The highest BCUT2D eigenvalue weighted by molar-refractivity contribution is 7.53. The van der Waals surface area contributed by atoms with E-state index in [1.54, 1.807) is 32.0 Å². The van der Waals surface area contributed by atoms with Gasteiger partial charge in [0, 0.05) is 6.92 Å². The highest BCUT2D eigenvalue weighted by Crippen LogP contribution is 2.49. The highest BCUT2D eigenvalue weighted by atomic mass is 31.2. The number of aliphatic carboxylic acids is 1. The molecule has 1 unspecified atom stereocenters. The van der Waals surface area contributed by atoms with Crippen LogP contribution in [0.3, 0.4) is 0 Å². The number of esters is 2. The van der Waals surface area contributed by atoms with Crippen LogP contribution in [0.15, 0.2) is 30.3 Å². The van der Waals surface area contributed by atoms with Gasteiger partial charge in [-0.15, -0.1) is 0 Å². The summed E-state index contributed by atoms with van der Waals surface area (Å²) in [5, 5.41) is 9.68. The van der Waals surface area contributed by atoms with Crippen LogP contribution in [0.1, 0.15) is 38.1 Å². The minimum atomic E-state index is -3.69. The second kappa shape index (κ2) is 11.0. The van der Waals surface area contributed by atoms with Crippen molar-refractivity contribution >= 4 is 25.5 Å². The quantitative estimate of drug-likeness (QED) is 0.373. The van der Waals surface area contributed by atoms with E-state index in [0.29, 0.717) is 0 Å². The summed E-state index contributed by atoms with van der Waals surface area (Å²) in [5.74, 6) is -3.12. The zero-order valence-electron chi connectivity index (χ0n) is 18.2. The van der Waals surface area contributed by atoms with Gasteiger partial charge in [-0.05, 0) is 32.9 Å². The van der Waals surface area contributed by atoms with Crippen LogP contribution < -0.4 is 0 Å². The predicted molar refractivity (Wildman–Crippen MR) is 109 cm³/mol. The molecule has 1 fully saturated rings. The second-order valence-corrected chi connectivity index (χ2v) is 8.93. The summed E-state index contributed by atoms with van der Waals surface area (Å²) >= 11 is 0. The van der Waals surface area contributed by atoms with E-state index in [9.17, 15) is 24.1 Å². The number of ether oxygens (including phenoxy) is 4. The Bertz CT molecular complexity index is 848. The van der Waals surface area contributed by atoms with Gasteiger partial charge in [-0.25, -0.2) is 9.59 Å². The van der Waals surface area contributed by atoms with E-state index in [1.165, 1.54) is 19.1 Å². The molecule has 0 saturated carbocycles. The summed E-state index contributed by atoms with van der Waals surface area (Å²) in [6, 6.07) is 7.86. The van der Waals surface area contributed by atoms with Crippen molar-refractivity contribution in [3.05, 3.63) is 35.9 Å². The summed E-state index contributed by atoms with van der Waals surface area (Å²) < 4.78 is 44.6. The molecule has 1 aliphatic heterocycles. The lowest BCUT2D eigenvalue weighted by Gasteiger charge is -2.32. The summed E-state index contributed by atoms with van der Waals surface area (Å²) in [6.45, 7) is 5.72. The summed E-state index contributed by atoms with van der Waals surface area (Å²) in [7, 11) is -3.69. The summed E-state index contributed by atoms with van der Waals surface area (Å²) in [6.07, 6.45) is -5.36. The van der Waals surface area contributed by atoms with Gasteiger partial charge in [0.25, 0.3) is 0 Å². The lowest BCUT2D eigenvalue weighted by Crippen LogP contribution is -2.53. The van der Waals surface area contributed by atoms with Crippen molar-refractivity contribution in [3.63, 3.8) is 0 Å². The highest BCUT2D eigenvalue weighted by Gasteiger charge is 2.63. The maximum Gasteiger partial charge on any atom is 0.356 e. The van der Waals surface area contributed by atoms with Crippen molar-refractivity contribution in [2.45, 2.75) is 51.8 Å². The van der Waals surface area contributed by atoms with Crippen molar-refractivity contribution in [3.8, 4) is 0 Å². The fourth-order valence-corrected chi connectivity index (χ4v) is 4.50. The smallest absolute Gasteiger partial charge is 0.356 e. The predicted octanol–water partition coefficient (Wildman–Crippen LogP) is 2.58. The average Bonchev–Trinajstić information content (AvgIpc) is 2.99. The monoisotopic (exact) mass is 474 g/mol. The Balaban J connectivity index is 2.33. The SMILES string of the molecule is CCOP(=O)(CO[C@H]1O[C@@H](C(=O)O)[C@](C)(OC(=O)c2ccccc2)C1OC(C)=O)OCC. The van der Waals surface area contributed by atoms with Gasteiger partial charge in [0.05, 0.1) is 18.8 Å². The molecule has 32 heavy (non-hydrogen) atoms. The third kappa shape index (κ3) is 6.14. The van der Waals surface area contributed by atoms with Gasteiger partial charge in [0.15, 0.2) is 18.1 Å². The topological polar surface area (TPSA) is 144 Å². The molecule has 2 rings (SSSR count). The van der Waals surface area contributed by atoms with Gasteiger partial charge in [0.2, 0.25) is 12.4 Å². The lowest BCUT2D eigenvalue weighted by molar-refractivity contribution is -0.187. The van der Waals surface area contributed by atoms with E-state index in [1.807, 2.05) is 0 Å². The number of carbonyl (C=O) groups excluding carboxylic acids is 2. The van der Waals surface area contributed by atoms with E-state index in [0.717, 1.165) is 6.92 Å². The minimum Gasteiger partial charge on any atom is -0.479 e. The molecule has 0 spiro atoms. The van der Waals surface area contributed by atoms with Gasteiger partial charge >= 0.3 is 25.5 Å². The van der Waals surface area contributed by atoms with E-state index < -0.39 is 56.0 Å². The lowest BCUT2D eigenvalue weighted by atomic mass is 9.94. The van der Waals surface area contributed by atoms with Crippen molar-refractivity contribution in [2.75, 3.05) is 19.6 Å². The van der Waals surface area contributed by atoms with Gasteiger partial charge in [-0.2, -0.15) is 0 Å². The van der Waals surface area contributed by atoms with Crippen LogP contribution in [-0.4, -0.2) is 66.7 Å². The molecule has 178 valence electrons. The molecule has 1 N–H and O–H groups in total. The number of hydrogen-bond acceptors (Lipinski definition) is 10. The first-order valence-electron chi connectivity index (χ1n) is 9.90. The van der Waals surface area contributed by atoms with Crippen molar-refractivity contribution in [1.82, 2.24) is 0 Å². The van der Waals surface area contributed by atoms with Crippen LogP contribution in [0.4, 0.5) is 0 Å². The van der Waals surface area contributed by atoms with Crippen LogP contribution in [0.2, 0.25) is 0 Å². The maximum atomic E-state index is 12.7. The summed E-state index contributed by atoms with van der Waals surface area (Å²) in [5.41, 5.74) is -1.81. The molecule has 1 aromatic carbocycles. The third-order valence-corrected chi connectivity index (χ3v) is 6.26. The van der Waals surface area contributed by atoms with Gasteiger partial charge in [0.1, 0.15) is 0 Å². The Kier molecular flexibility index (Phi) is 8.94. The van der Waals surface area contributed by atoms with E-state index >= 15 is 0 Å². The standard InChI is InChI=1S/C20H27O11P/c1-5-27-32(25,28-6-2)12-26-19-16(29-13(3)21)20(4,15(30-19)17(22)23)31-18(24)14-10-8-7-9-11-14/h7-11,15-16,19H,5-6,12H2,1-4H3,(H,22,23)/t15-,16?,19-,20-/m0/s1. The molecular formula is C20H27O11P. The molecule has 4 atom stereocenters. The summed E-state index contributed by atoms with van der Waals surface area (Å²) in [4.78, 5) is 36.3. The molecule has 1 aromatic rings. The molecule has 1 heterocycles. The zero-order valence-corrected chi connectivity index (χ0v) is 19.1. The Labute approximate surface area is 185 Å². The molecule has 0 amide bonds. The Morgan fingerprint density at radius 2 is 1.72 bits per heavy atom. The molecule has 0 aromatic heterocycles. The number of benzene rings is 1. The maximum absolute atomic E-state index is 12.7. The number of hydrogen-bond donors (Lipinski definition) is 1. The molecule has 12 heteroatoms. The third-order valence-electron chi connectivity index (χ3n) is 4.49. The molecule has 0 radical (unpaired) electrons. The van der Waals surface area contributed by atoms with E-state index in [-0.39, 0.29) is 18.8 Å². The van der Waals surface area contributed by atoms with E-state index in [4.69, 9.17) is 28.0 Å². The Morgan fingerprint density at radius 3 is 2.22 bits per heavy atom. The minimum absolute atomic E-state index is 0.0731. The number of rotatable bonds is 11. The van der Waals surface area contributed by atoms with Crippen LogP contribution in [0.5, 0.6) is 0 Å². The van der Waals surface area contributed by atoms with Gasteiger partial charge in [-0.1, -0.05) is 18.2 Å². The van der Waals surface area contributed by atoms with Gasteiger partial charge in [-0.3, -0.25) is 9.36 Å². The van der Waals surface area contributed by atoms with Crippen LogP contribution in [0, 0.1) is 0 Å². The number of carboxylic acids is 1. The average molecular weight is 474 g/mol.